The first kappa shape index (κ1) is 23.6. The molecule has 1 aromatic carbocycles. The molecule has 0 saturated heterocycles. The van der Waals surface area contributed by atoms with E-state index >= 15 is 0 Å². The Balaban J connectivity index is 2.04. The number of rotatable bonds is 6. The molecule has 1 heterocycles. The average Bonchev–Trinajstić information content (AvgIpc) is 2.65. The van der Waals surface area contributed by atoms with Crippen LogP contribution in [-0.2, 0) is 23.8 Å². The minimum absolute atomic E-state index is 0.0515. The monoisotopic (exact) mass is 455 g/mol. The van der Waals surface area contributed by atoms with Crippen molar-refractivity contribution in [2.75, 3.05) is 20.3 Å². The summed E-state index contributed by atoms with van der Waals surface area (Å²) in [7, 11) is 1.44. The van der Waals surface area contributed by atoms with Crippen molar-refractivity contribution in [3.05, 3.63) is 52.6 Å². The highest BCUT2D eigenvalue weighted by Crippen LogP contribution is 2.48. The summed E-state index contributed by atoms with van der Waals surface area (Å²) in [6.45, 7) is 3.91. The molecule has 32 heavy (non-hydrogen) atoms. The predicted molar refractivity (Wildman–Crippen MR) is 106 cm³/mol. The average molecular weight is 455 g/mol. The molecule has 0 unspecified atom stereocenters. The van der Waals surface area contributed by atoms with Crippen LogP contribution in [0.3, 0.4) is 0 Å². The quantitative estimate of drug-likeness (QED) is 0.516. The van der Waals surface area contributed by atoms with Crippen LogP contribution in [0.4, 0.5) is 13.2 Å². The zero-order valence-electron chi connectivity index (χ0n) is 17.9. The van der Waals surface area contributed by atoms with Gasteiger partial charge in [0.25, 0.3) is 0 Å². The Kier molecular flexibility index (Phi) is 6.54. The fourth-order valence-electron chi connectivity index (χ4n) is 3.87. The Morgan fingerprint density at radius 1 is 1.19 bits per heavy atom. The normalized spacial score (nSPS) is 20.6. The van der Waals surface area contributed by atoms with Gasteiger partial charge in [0.1, 0.15) is 23.7 Å². The van der Waals surface area contributed by atoms with Crippen molar-refractivity contribution in [2.45, 2.75) is 39.0 Å². The number of halogens is 3. The van der Waals surface area contributed by atoms with E-state index < -0.39 is 24.0 Å². The Bertz CT molecular complexity index is 963. The summed E-state index contributed by atoms with van der Waals surface area (Å²) < 4.78 is 57.2. The first-order chi connectivity index (χ1) is 14.9. The van der Waals surface area contributed by atoms with Gasteiger partial charge >= 0.3 is 12.3 Å². The van der Waals surface area contributed by atoms with Crippen molar-refractivity contribution in [1.29, 1.82) is 0 Å². The second-order valence-corrected chi connectivity index (χ2v) is 8.34. The number of esters is 1. The van der Waals surface area contributed by atoms with Gasteiger partial charge in [-0.15, -0.1) is 13.2 Å². The molecule has 0 bridgehead atoms. The largest absolute Gasteiger partial charge is 0.573 e. The van der Waals surface area contributed by atoms with Gasteiger partial charge in [-0.25, -0.2) is 4.79 Å². The molecule has 2 N–H and O–H groups in total. The van der Waals surface area contributed by atoms with E-state index in [-0.39, 0.29) is 47.9 Å². The Labute approximate surface area is 182 Å². The highest BCUT2D eigenvalue weighted by molar-refractivity contribution is 6.03. The molecular weight excluding hydrogens is 431 g/mol. The predicted octanol–water partition coefficient (Wildman–Crippen LogP) is 3.70. The first-order valence-corrected chi connectivity index (χ1v) is 9.87. The summed E-state index contributed by atoms with van der Waals surface area (Å²) in [5.41, 5.74) is 6.24. The number of carbonyl (C=O) groups excluding carboxylic acids is 2. The van der Waals surface area contributed by atoms with Gasteiger partial charge in [-0.05, 0) is 23.1 Å². The van der Waals surface area contributed by atoms with Gasteiger partial charge in [0.05, 0.1) is 12.5 Å². The molecule has 0 radical (unpaired) electrons. The summed E-state index contributed by atoms with van der Waals surface area (Å²) in [5, 5.41) is 0. The van der Waals surface area contributed by atoms with Gasteiger partial charge in [0.15, 0.2) is 5.78 Å². The van der Waals surface area contributed by atoms with Gasteiger partial charge in [0.2, 0.25) is 5.88 Å². The first-order valence-electron chi connectivity index (χ1n) is 9.87. The molecule has 0 saturated carbocycles. The van der Waals surface area contributed by atoms with Crippen molar-refractivity contribution in [3.63, 3.8) is 0 Å². The molecule has 0 fully saturated rings. The van der Waals surface area contributed by atoms with E-state index in [0.29, 0.717) is 17.7 Å². The lowest BCUT2D eigenvalue weighted by Gasteiger charge is -2.38. The third kappa shape index (κ3) is 5.24. The maximum atomic E-state index is 13.1. The van der Waals surface area contributed by atoms with E-state index in [0.717, 1.165) is 12.1 Å². The minimum Gasteiger partial charge on any atom is -0.460 e. The number of nitrogens with two attached hydrogens (primary N) is 1. The number of benzene rings is 1. The van der Waals surface area contributed by atoms with Crippen LogP contribution < -0.4 is 10.5 Å². The summed E-state index contributed by atoms with van der Waals surface area (Å²) in [5.74, 6) is -2.27. The van der Waals surface area contributed by atoms with E-state index in [2.05, 4.69) is 4.74 Å². The fraction of sp³-hybridized carbons (Fsp3) is 0.455. The molecule has 10 heteroatoms. The molecule has 1 aliphatic carbocycles. The van der Waals surface area contributed by atoms with Gasteiger partial charge in [-0.3, -0.25) is 4.79 Å². The minimum atomic E-state index is -4.85. The van der Waals surface area contributed by atoms with Crippen molar-refractivity contribution < 1.29 is 41.7 Å². The second kappa shape index (κ2) is 8.85. The van der Waals surface area contributed by atoms with Crippen molar-refractivity contribution in [2.24, 2.45) is 11.1 Å². The number of hydrogen-bond donors (Lipinski definition) is 1. The highest BCUT2D eigenvalue weighted by atomic mass is 19.4. The summed E-state index contributed by atoms with van der Waals surface area (Å²) >= 11 is 0. The Morgan fingerprint density at radius 3 is 2.44 bits per heavy atom. The molecule has 0 amide bonds. The number of Topliss-reactive ketones (excluding diaryl/α,β-unsaturated/α-hetero) is 1. The fourth-order valence-corrected chi connectivity index (χ4v) is 3.87. The number of carbonyl (C=O) groups is 2. The molecule has 2 aliphatic rings. The Morgan fingerprint density at radius 2 is 1.84 bits per heavy atom. The summed E-state index contributed by atoms with van der Waals surface area (Å²) in [6, 6.07) is 4.93. The summed E-state index contributed by atoms with van der Waals surface area (Å²) in [6.07, 6.45) is -4.22. The van der Waals surface area contributed by atoms with Crippen LogP contribution in [0.25, 0.3) is 0 Å². The number of ketones is 1. The molecule has 1 atom stereocenters. The molecule has 0 aromatic heterocycles. The zero-order chi connectivity index (χ0) is 23.7. The number of methoxy groups -OCH3 is 1. The third-order valence-electron chi connectivity index (χ3n) is 5.14. The highest BCUT2D eigenvalue weighted by Gasteiger charge is 2.45. The summed E-state index contributed by atoms with van der Waals surface area (Å²) in [4.78, 5) is 25.9. The van der Waals surface area contributed by atoms with E-state index in [4.69, 9.17) is 19.9 Å². The van der Waals surface area contributed by atoms with E-state index in [1.165, 1.54) is 19.2 Å². The molecule has 174 valence electrons. The molecule has 1 aliphatic heterocycles. The van der Waals surface area contributed by atoms with Crippen LogP contribution in [0.2, 0.25) is 0 Å². The topological polar surface area (TPSA) is 97.1 Å². The van der Waals surface area contributed by atoms with Gasteiger partial charge in [-0.1, -0.05) is 26.0 Å². The smallest absolute Gasteiger partial charge is 0.460 e. The van der Waals surface area contributed by atoms with E-state index in [1.807, 2.05) is 13.8 Å². The maximum absolute atomic E-state index is 13.1. The van der Waals surface area contributed by atoms with E-state index in [9.17, 15) is 22.8 Å². The zero-order valence-corrected chi connectivity index (χ0v) is 17.9. The molecule has 7 nitrogen and oxygen atoms in total. The van der Waals surface area contributed by atoms with Crippen molar-refractivity contribution in [3.8, 4) is 5.75 Å². The van der Waals surface area contributed by atoms with Crippen LogP contribution >= 0.6 is 0 Å². The number of alkyl halides is 3. The lowest BCUT2D eigenvalue weighted by molar-refractivity contribution is -0.274. The van der Waals surface area contributed by atoms with E-state index in [1.54, 1.807) is 0 Å². The number of hydrogen-bond acceptors (Lipinski definition) is 7. The second-order valence-electron chi connectivity index (χ2n) is 8.34. The SMILES string of the molecule is COCCOC(=O)C1=C(N)OC2=C(C(=O)CC(C)(C)C2)[C@@H]1c1ccc(OC(F)(F)F)cc1. The third-order valence-corrected chi connectivity index (χ3v) is 5.14. The number of allylic oxidation sites excluding steroid dienone is 2. The number of ether oxygens (including phenoxy) is 4. The van der Waals surface area contributed by atoms with Crippen LogP contribution in [-0.4, -0.2) is 38.4 Å². The van der Waals surface area contributed by atoms with Crippen molar-refractivity contribution >= 4 is 11.8 Å². The van der Waals surface area contributed by atoms with Gasteiger partial charge in [-0.2, -0.15) is 0 Å². The molecule has 3 rings (SSSR count). The Hall–Kier alpha value is -3.01. The van der Waals surface area contributed by atoms with Crippen LogP contribution in [0, 0.1) is 5.41 Å². The lowest BCUT2D eigenvalue weighted by atomic mass is 9.70. The molecular formula is C22H24F3NO6. The van der Waals surface area contributed by atoms with Gasteiger partial charge in [0, 0.05) is 25.5 Å². The van der Waals surface area contributed by atoms with Crippen LogP contribution in [0.5, 0.6) is 5.75 Å². The maximum Gasteiger partial charge on any atom is 0.573 e. The van der Waals surface area contributed by atoms with Gasteiger partial charge < -0.3 is 24.7 Å². The standard InChI is InChI=1S/C22H24F3NO6/c1-21(2)10-14(27)17-15(11-21)31-19(26)18(20(28)30-9-8-29-3)16(17)12-4-6-13(7-5-12)32-22(23,24)25/h4-7,16H,8-11,26H2,1-3H3/t16-/m0/s1. The molecule has 0 spiro atoms. The molecule has 1 aromatic rings. The lowest BCUT2D eigenvalue weighted by Crippen LogP contribution is -2.35. The van der Waals surface area contributed by atoms with Crippen LogP contribution in [0.15, 0.2) is 47.1 Å². The van der Waals surface area contributed by atoms with Crippen molar-refractivity contribution in [1.82, 2.24) is 0 Å². The van der Waals surface area contributed by atoms with Crippen LogP contribution in [0.1, 0.15) is 38.2 Å².